The molecule has 1 aromatic rings. The molecule has 1 aromatic carbocycles. The van der Waals surface area contributed by atoms with Gasteiger partial charge in [-0.1, -0.05) is 6.92 Å². The molecule has 0 heterocycles. The second-order valence-corrected chi connectivity index (χ2v) is 4.82. The fourth-order valence-electron chi connectivity index (χ4n) is 1.91. The molecule has 1 atom stereocenters. The van der Waals surface area contributed by atoms with E-state index in [9.17, 15) is 31.4 Å². The number of rotatable bonds is 4. The Morgan fingerprint density at radius 1 is 0.905 bits per heavy atom. The van der Waals surface area contributed by atoms with E-state index in [-0.39, 0.29) is 18.2 Å². The van der Waals surface area contributed by atoms with Crippen molar-refractivity contribution in [3.05, 3.63) is 34.9 Å². The molecule has 0 saturated carbocycles. The molecule has 0 spiro atoms. The second-order valence-electron chi connectivity index (χ2n) is 4.82. The molecule has 0 radical (unpaired) electrons. The van der Waals surface area contributed by atoms with E-state index in [1.807, 2.05) is 0 Å². The molecule has 1 unspecified atom stereocenters. The zero-order chi connectivity index (χ0) is 16.5. The van der Waals surface area contributed by atoms with E-state index in [2.05, 4.69) is 5.32 Å². The molecule has 120 valence electrons. The summed E-state index contributed by atoms with van der Waals surface area (Å²) in [4.78, 5) is 0. The number of aliphatic hydroxyl groups is 1. The van der Waals surface area contributed by atoms with Crippen LogP contribution in [0.5, 0.6) is 0 Å². The fourth-order valence-corrected chi connectivity index (χ4v) is 1.91. The van der Waals surface area contributed by atoms with Crippen molar-refractivity contribution >= 4 is 0 Å². The van der Waals surface area contributed by atoms with Gasteiger partial charge in [-0.2, -0.15) is 26.3 Å². The van der Waals surface area contributed by atoms with E-state index >= 15 is 0 Å². The number of hydrogen-bond acceptors (Lipinski definition) is 2. The maximum absolute atomic E-state index is 12.8. The maximum Gasteiger partial charge on any atom is 0.416 e. The van der Waals surface area contributed by atoms with Crippen molar-refractivity contribution in [3.8, 4) is 0 Å². The molecule has 2 nitrogen and oxygen atoms in total. The summed E-state index contributed by atoms with van der Waals surface area (Å²) < 4.78 is 76.6. The van der Waals surface area contributed by atoms with Gasteiger partial charge in [0.05, 0.1) is 23.3 Å². The minimum Gasteiger partial charge on any atom is -0.394 e. The topological polar surface area (TPSA) is 32.3 Å². The molecule has 21 heavy (non-hydrogen) atoms. The monoisotopic (exact) mass is 315 g/mol. The summed E-state index contributed by atoms with van der Waals surface area (Å²) in [6, 6.07) is 1.30. The third-order valence-corrected chi connectivity index (χ3v) is 3.11. The van der Waals surface area contributed by atoms with Crippen LogP contribution in [-0.2, 0) is 17.9 Å². The first-order chi connectivity index (χ1) is 9.44. The molecular weight excluding hydrogens is 300 g/mol. The summed E-state index contributed by atoms with van der Waals surface area (Å²) in [5.74, 6) is 0. The van der Waals surface area contributed by atoms with Crippen molar-refractivity contribution in [2.45, 2.75) is 31.7 Å². The smallest absolute Gasteiger partial charge is 0.394 e. The lowest BCUT2D eigenvalue weighted by molar-refractivity contribution is -0.143. The SMILES string of the molecule is CCNC(C)(CO)c1cc(C(F)(F)F)cc(C(F)(F)F)c1. The normalized spacial score (nSPS) is 15.9. The molecule has 8 heteroatoms. The van der Waals surface area contributed by atoms with Crippen molar-refractivity contribution in [1.29, 1.82) is 0 Å². The van der Waals surface area contributed by atoms with Gasteiger partial charge >= 0.3 is 12.4 Å². The first kappa shape index (κ1) is 17.8. The number of alkyl halides is 6. The predicted molar refractivity (Wildman–Crippen MR) is 64.6 cm³/mol. The van der Waals surface area contributed by atoms with Crippen molar-refractivity contribution < 1.29 is 31.4 Å². The summed E-state index contributed by atoms with van der Waals surface area (Å²) >= 11 is 0. The number of nitrogens with one attached hydrogen (secondary N) is 1. The quantitative estimate of drug-likeness (QED) is 0.833. The second kappa shape index (κ2) is 5.84. The molecule has 0 aromatic heterocycles. The molecule has 0 aliphatic rings. The Morgan fingerprint density at radius 2 is 1.29 bits per heavy atom. The highest BCUT2D eigenvalue weighted by Gasteiger charge is 2.39. The van der Waals surface area contributed by atoms with Gasteiger partial charge in [-0.05, 0) is 37.2 Å². The van der Waals surface area contributed by atoms with E-state index in [4.69, 9.17) is 0 Å². The van der Waals surface area contributed by atoms with E-state index in [0.29, 0.717) is 12.1 Å². The van der Waals surface area contributed by atoms with Crippen LogP contribution in [0.3, 0.4) is 0 Å². The lowest BCUT2D eigenvalue weighted by Gasteiger charge is -2.30. The Bertz CT molecular complexity index is 464. The van der Waals surface area contributed by atoms with Crippen LogP contribution < -0.4 is 5.32 Å². The standard InChI is InChI=1S/C13H15F6NO/c1-3-20-11(2,7-21)8-4-9(12(14,15)16)6-10(5-8)13(17,18)19/h4-6,20-21H,3,7H2,1-2H3. The zero-order valence-electron chi connectivity index (χ0n) is 11.4. The van der Waals surface area contributed by atoms with E-state index in [1.54, 1.807) is 6.92 Å². The molecular formula is C13H15F6NO. The van der Waals surface area contributed by atoms with Crippen molar-refractivity contribution in [2.24, 2.45) is 0 Å². The van der Waals surface area contributed by atoms with Gasteiger partial charge in [0.1, 0.15) is 0 Å². The number of halogens is 6. The Kier molecular flexibility index (Phi) is 4.94. The number of aliphatic hydroxyl groups excluding tert-OH is 1. The van der Waals surface area contributed by atoms with Crippen molar-refractivity contribution in [1.82, 2.24) is 5.32 Å². The fraction of sp³-hybridized carbons (Fsp3) is 0.538. The summed E-state index contributed by atoms with van der Waals surface area (Å²) in [5, 5.41) is 12.0. The largest absolute Gasteiger partial charge is 0.416 e. The van der Waals surface area contributed by atoms with Gasteiger partial charge in [0.25, 0.3) is 0 Å². The summed E-state index contributed by atoms with van der Waals surface area (Å²) in [5.41, 5.74) is -4.46. The maximum atomic E-state index is 12.8. The first-order valence-corrected chi connectivity index (χ1v) is 6.10. The first-order valence-electron chi connectivity index (χ1n) is 6.10. The molecule has 0 aliphatic heterocycles. The van der Waals surface area contributed by atoms with Crippen LogP contribution in [0.2, 0.25) is 0 Å². The minimum atomic E-state index is -4.90. The molecule has 0 aliphatic carbocycles. The number of benzene rings is 1. The lowest BCUT2D eigenvalue weighted by Crippen LogP contribution is -2.43. The zero-order valence-corrected chi connectivity index (χ0v) is 11.4. The van der Waals surface area contributed by atoms with Gasteiger partial charge in [-0.25, -0.2) is 0 Å². The minimum absolute atomic E-state index is 0.0627. The Labute approximate surface area is 117 Å². The van der Waals surface area contributed by atoms with Gasteiger partial charge in [-0.15, -0.1) is 0 Å². The Hall–Kier alpha value is -1.28. The Balaban J connectivity index is 3.52. The third kappa shape index (κ3) is 4.10. The van der Waals surface area contributed by atoms with Gasteiger partial charge < -0.3 is 10.4 Å². The van der Waals surface area contributed by atoms with Crippen LogP contribution in [0.1, 0.15) is 30.5 Å². The summed E-state index contributed by atoms with van der Waals surface area (Å²) in [6.07, 6.45) is -9.81. The average molecular weight is 315 g/mol. The van der Waals surface area contributed by atoms with Crippen LogP contribution in [-0.4, -0.2) is 18.3 Å². The third-order valence-electron chi connectivity index (χ3n) is 3.11. The van der Waals surface area contributed by atoms with Gasteiger partial charge in [0, 0.05) is 0 Å². The predicted octanol–water partition coefficient (Wildman–Crippen LogP) is 3.54. The summed E-state index contributed by atoms with van der Waals surface area (Å²) in [6.45, 7) is 2.60. The van der Waals surface area contributed by atoms with E-state index in [0.717, 1.165) is 0 Å². The van der Waals surface area contributed by atoms with Crippen molar-refractivity contribution in [3.63, 3.8) is 0 Å². The van der Waals surface area contributed by atoms with Crippen LogP contribution in [0.4, 0.5) is 26.3 Å². The van der Waals surface area contributed by atoms with Gasteiger partial charge in [-0.3, -0.25) is 0 Å². The highest BCUT2D eigenvalue weighted by molar-refractivity contribution is 5.37. The average Bonchev–Trinajstić information content (AvgIpc) is 2.36. The molecule has 0 fully saturated rings. The highest BCUT2D eigenvalue weighted by Crippen LogP contribution is 2.38. The van der Waals surface area contributed by atoms with E-state index < -0.39 is 35.6 Å². The number of likely N-dealkylation sites (N-methyl/N-ethyl adjacent to an activating group) is 1. The summed E-state index contributed by atoms with van der Waals surface area (Å²) in [7, 11) is 0. The van der Waals surface area contributed by atoms with Gasteiger partial charge in [0.2, 0.25) is 0 Å². The molecule has 1 rings (SSSR count). The van der Waals surface area contributed by atoms with Crippen LogP contribution >= 0.6 is 0 Å². The lowest BCUT2D eigenvalue weighted by atomic mass is 9.89. The molecule has 0 amide bonds. The van der Waals surface area contributed by atoms with E-state index in [1.165, 1.54) is 6.92 Å². The van der Waals surface area contributed by atoms with Crippen LogP contribution in [0.25, 0.3) is 0 Å². The van der Waals surface area contributed by atoms with Crippen LogP contribution in [0.15, 0.2) is 18.2 Å². The molecule has 2 N–H and O–H groups in total. The Morgan fingerprint density at radius 3 is 1.57 bits per heavy atom. The number of hydrogen-bond donors (Lipinski definition) is 2. The molecule has 0 bridgehead atoms. The van der Waals surface area contributed by atoms with Crippen LogP contribution in [0, 0.1) is 0 Å². The highest BCUT2D eigenvalue weighted by atomic mass is 19.4. The van der Waals surface area contributed by atoms with Crippen molar-refractivity contribution in [2.75, 3.05) is 13.2 Å². The van der Waals surface area contributed by atoms with Gasteiger partial charge in [0.15, 0.2) is 0 Å². The molecule has 0 saturated heterocycles.